The van der Waals surface area contributed by atoms with Gasteiger partial charge in [-0.3, -0.25) is 4.79 Å². The Morgan fingerprint density at radius 1 is 1.30 bits per heavy atom. The van der Waals surface area contributed by atoms with Crippen molar-refractivity contribution >= 4 is 60.7 Å². The first-order valence-corrected chi connectivity index (χ1v) is 8.85. The highest BCUT2D eigenvalue weighted by Crippen LogP contribution is 2.27. The molecule has 1 N–H and O–H groups in total. The van der Waals surface area contributed by atoms with Gasteiger partial charge < -0.3 is 9.72 Å². The van der Waals surface area contributed by atoms with E-state index in [2.05, 4.69) is 42.2 Å². The number of alkyl halides is 1. The fourth-order valence-electron chi connectivity index (χ4n) is 2.16. The monoisotopic (exact) mass is 455 g/mol. The lowest BCUT2D eigenvalue weighted by atomic mass is 10.1. The van der Waals surface area contributed by atoms with E-state index < -0.39 is 5.38 Å². The van der Waals surface area contributed by atoms with Gasteiger partial charge in [0, 0.05) is 28.1 Å². The van der Waals surface area contributed by atoms with Crippen LogP contribution in [-0.4, -0.2) is 20.7 Å². The molecule has 0 aliphatic carbocycles. The van der Waals surface area contributed by atoms with E-state index in [0.29, 0.717) is 5.69 Å². The molecule has 2 heterocycles. The maximum atomic E-state index is 11.7. The van der Waals surface area contributed by atoms with E-state index in [4.69, 9.17) is 11.6 Å². The molecule has 1 amide bonds. The first-order chi connectivity index (χ1) is 10.9. The zero-order valence-corrected chi connectivity index (χ0v) is 16.0. The summed E-state index contributed by atoms with van der Waals surface area (Å²) in [5, 5.41) is 2.20. The summed E-state index contributed by atoms with van der Waals surface area (Å²) in [5.41, 5.74) is 3.25. The van der Waals surface area contributed by atoms with Crippen molar-refractivity contribution < 1.29 is 4.79 Å². The predicted molar refractivity (Wildman–Crippen MR) is 100.0 cm³/mol. The average Bonchev–Trinajstić information content (AvgIpc) is 2.91. The van der Waals surface area contributed by atoms with Crippen molar-refractivity contribution in [1.29, 1.82) is 0 Å². The smallest absolute Gasteiger partial charge is 0.242 e. The zero-order valence-electron chi connectivity index (χ0n) is 12.1. The summed E-state index contributed by atoms with van der Waals surface area (Å²) in [6.07, 6.45) is 3.88. The Bertz CT molecular complexity index is 892. The van der Waals surface area contributed by atoms with Crippen molar-refractivity contribution in [2.45, 2.75) is 12.3 Å². The van der Waals surface area contributed by atoms with Gasteiger partial charge in [0.15, 0.2) is 5.65 Å². The van der Waals surface area contributed by atoms with Gasteiger partial charge in [0.1, 0.15) is 5.38 Å². The van der Waals surface area contributed by atoms with Gasteiger partial charge in [-0.1, -0.05) is 12.1 Å². The molecule has 0 bridgehead atoms. The number of hydrogen-bond acceptors (Lipinski definition) is 2. The van der Waals surface area contributed by atoms with Gasteiger partial charge in [-0.05, 0) is 57.0 Å². The van der Waals surface area contributed by atoms with Crippen molar-refractivity contribution in [3.8, 4) is 11.3 Å². The number of fused-ring (bicyclic) bond motifs is 1. The highest BCUT2D eigenvalue weighted by Gasteiger charge is 2.11. The number of carbonyl (C=O) groups excluding carboxylic acids is 1. The van der Waals surface area contributed by atoms with E-state index in [-0.39, 0.29) is 5.91 Å². The summed E-state index contributed by atoms with van der Waals surface area (Å²) < 4.78 is 3.80. The molecule has 2 aromatic heterocycles. The Morgan fingerprint density at radius 2 is 2.09 bits per heavy atom. The molecular weight excluding hydrogens is 445 g/mol. The molecule has 0 aliphatic heterocycles. The molecule has 0 aliphatic rings. The number of aromatic nitrogens is 2. The molecule has 0 saturated heterocycles. The second-order valence-electron chi connectivity index (χ2n) is 5.05. The van der Waals surface area contributed by atoms with E-state index in [1.807, 2.05) is 47.1 Å². The first kappa shape index (κ1) is 16.5. The molecule has 1 atom stereocenters. The number of amides is 1. The third kappa shape index (κ3) is 3.59. The Balaban J connectivity index is 1.99. The van der Waals surface area contributed by atoms with Gasteiger partial charge in [0.05, 0.1) is 10.2 Å². The molecule has 3 aromatic rings. The van der Waals surface area contributed by atoms with Crippen LogP contribution in [0.5, 0.6) is 0 Å². The Kier molecular flexibility index (Phi) is 4.75. The molecule has 0 spiro atoms. The highest BCUT2D eigenvalue weighted by molar-refractivity contribution is 9.11. The number of nitrogens with zero attached hydrogens (tertiary/aromatic N) is 2. The van der Waals surface area contributed by atoms with Crippen molar-refractivity contribution in [2.75, 3.05) is 5.32 Å². The average molecular weight is 458 g/mol. The number of halogens is 3. The van der Waals surface area contributed by atoms with E-state index in [9.17, 15) is 4.79 Å². The van der Waals surface area contributed by atoms with Crippen LogP contribution in [0.2, 0.25) is 0 Å². The first-order valence-electron chi connectivity index (χ1n) is 6.83. The summed E-state index contributed by atoms with van der Waals surface area (Å²) in [4.78, 5) is 16.3. The normalized spacial score (nSPS) is 12.3. The number of hydrogen-bond donors (Lipinski definition) is 1. The minimum Gasteiger partial charge on any atom is -0.325 e. The summed E-state index contributed by atoms with van der Waals surface area (Å²) in [5.74, 6) is -0.231. The molecule has 23 heavy (non-hydrogen) atoms. The SMILES string of the molecule is CC(Cl)C(=O)Nc1cccc(-c2cn3cc(Br)cc(Br)c3n2)c1. The fourth-order valence-corrected chi connectivity index (χ4v) is 3.51. The topological polar surface area (TPSA) is 46.4 Å². The number of carbonyl (C=O) groups is 1. The van der Waals surface area contributed by atoms with Crippen molar-refractivity contribution in [3.05, 3.63) is 51.7 Å². The zero-order chi connectivity index (χ0) is 16.6. The summed E-state index contributed by atoms with van der Waals surface area (Å²) in [6.45, 7) is 1.64. The van der Waals surface area contributed by atoms with E-state index in [1.165, 1.54) is 0 Å². The number of nitrogens with one attached hydrogen (secondary N) is 1. The van der Waals surface area contributed by atoms with Gasteiger partial charge >= 0.3 is 0 Å². The molecule has 0 radical (unpaired) electrons. The van der Waals surface area contributed by atoms with E-state index in [0.717, 1.165) is 25.8 Å². The summed E-state index contributed by atoms with van der Waals surface area (Å²) in [6, 6.07) is 9.47. The van der Waals surface area contributed by atoms with Crippen LogP contribution < -0.4 is 5.32 Å². The van der Waals surface area contributed by atoms with E-state index >= 15 is 0 Å². The number of pyridine rings is 1. The minimum atomic E-state index is -0.581. The lowest BCUT2D eigenvalue weighted by Gasteiger charge is -2.07. The van der Waals surface area contributed by atoms with Crippen LogP contribution in [0.4, 0.5) is 5.69 Å². The van der Waals surface area contributed by atoms with Crippen LogP contribution >= 0.6 is 43.5 Å². The van der Waals surface area contributed by atoms with E-state index in [1.54, 1.807) is 6.92 Å². The fraction of sp³-hybridized carbons (Fsp3) is 0.125. The molecule has 7 heteroatoms. The van der Waals surface area contributed by atoms with Gasteiger partial charge in [-0.25, -0.2) is 4.98 Å². The number of imidazole rings is 1. The third-order valence-corrected chi connectivity index (χ3v) is 4.48. The van der Waals surface area contributed by atoms with Crippen LogP contribution in [-0.2, 0) is 4.79 Å². The molecule has 4 nitrogen and oxygen atoms in total. The second-order valence-corrected chi connectivity index (χ2v) is 7.47. The lowest BCUT2D eigenvalue weighted by Crippen LogP contribution is -2.20. The number of benzene rings is 1. The van der Waals surface area contributed by atoms with Crippen LogP contribution in [0.1, 0.15) is 6.92 Å². The standard InChI is InChI=1S/C16H12Br2ClN3O/c1-9(19)16(23)20-12-4-2-3-10(5-12)14-8-22-7-11(17)6-13(18)15(22)21-14/h2-9H,1H3,(H,20,23). The van der Waals surface area contributed by atoms with Crippen LogP contribution in [0.15, 0.2) is 51.7 Å². The molecular formula is C16H12Br2ClN3O. The Morgan fingerprint density at radius 3 is 2.83 bits per heavy atom. The second kappa shape index (κ2) is 6.63. The third-order valence-electron chi connectivity index (χ3n) is 3.26. The molecule has 118 valence electrons. The van der Waals surface area contributed by atoms with Gasteiger partial charge in [0.25, 0.3) is 0 Å². The Labute approximate surface area is 155 Å². The van der Waals surface area contributed by atoms with Crippen molar-refractivity contribution in [1.82, 2.24) is 9.38 Å². The van der Waals surface area contributed by atoms with Gasteiger partial charge in [-0.15, -0.1) is 11.6 Å². The summed E-state index contributed by atoms with van der Waals surface area (Å²) >= 11 is 12.8. The van der Waals surface area contributed by atoms with Crippen molar-refractivity contribution in [2.24, 2.45) is 0 Å². The largest absolute Gasteiger partial charge is 0.325 e. The van der Waals surface area contributed by atoms with Crippen LogP contribution in [0.3, 0.4) is 0 Å². The van der Waals surface area contributed by atoms with Crippen LogP contribution in [0.25, 0.3) is 16.9 Å². The molecule has 0 fully saturated rings. The lowest BCUT2D eigenvalue weighted by molar-refractivity contribution is -0.115. The highest BCUT2D eigenvalue weighted by atomic mass is 79.9. The van der Waals surface area contributed by atoms with Crippen LogP contribution in [0, 0.1) is 0 Å². The maximum Gasteiger partial charge on any atom is 0.242 e. The molecule has 1 aromatic carbocycles. The number of rotatable bonds is 3. The number of anilines is 1. The summed E-state index contributed by atoms with van der Waals surface area (Å²) in [7, 11) is 0. The predicted octanol–water partition coefficient (Wildman–Crippen LogP) is 5.09. The van der Waals surface area contributed by atoms with Gasteiger partial charge in [0.2, 0.25) is 5.91 Å². The van der Waals surface area contributed by atoms with Gasteiger partial charge in [-0.2, -0.15) is 0 Å². The Hall–Kier alpha value is -1.37. The minimum absolute atomic E-state index is 0.231. The van der Waals surface area contributed by atoms with Crippen molar-refractivity contribution in [3.63, 3.8) is 0 Å². The maximum absolute atomic E-state index is 11.7. The molecule has 3 rings (SSSR count). The quantitative estimate of drug-likeness (QED) is 0.557. The molecule has 0 saturated carbocycles. The molecule has 1 unspecified atom stereocenters.